The lowest BCUT2D eigenvalue weighted by Gasteiger charge is -2.56. The van der Waals surface area contributed by atoms with Crippen molar-refractivity contribution in [3.8, 4) is 5.75 Å². The zero-order valence-corrected chi connectivity index (χ0v) is 26.0. The summed E-state index contributed by atoms with van der Waals surface area (Å²) in [6.07, 6.45) is -1.81. The summed E-state index contributed by atoms with van der Waals surface area (Å²) in [7, 11) is -1.62. The SMILES string of the molecule is C[C@@H]1c2ccc(NC(=O)NS(=O)(=O)c3ccc(Cl)cc3)c(O)c2C(=O)C2C(=O)[C@@]3(O)C(=O)C(C(N)=O)C(=O)[C@H](N(C)C)[C@H]3[C@H](O)[C@H]21. The summed E-state index contributed by atoms with van der Waals surface area (Å²) in [6.45, 7) is 1.52. The first kappa shape index (κ1) is 33.2. The highest BCUT2D eigenvalue weighted by Gasteiger charge is 2.72. The topological polar surface area (TPSA) is 251 Å². The number of fused-ring (bicyclic) bond motifs is 3. The first-order valence-electron chi connectivity index (χ1n) is 13.8. The van der Waals surface area contributed by atoms with Crippen molar-refractivity contribution in [2.45, 2.75) is 35.5 Å². The molecule has 0 bridgehead atoms. The lowest BCUT2D eigenvalue weighted by molar-refractivity contribution is -0.196. The number of ketones is 4. The Hall–Kier alpha value is -4.22. The van der Waals surface area contributed by atoms with Crippen LogP contribution in [0.5, 0.6) is 5.75 Å². The zero-order valence-electron chi connectivity index (χ0n) is 24.4. The molecule has 244 valence electrons. The summed E-state index contributed by atoms with van der Waals surface area (Å²) < 4.78 is 27.0. The Kier molecular flexibility index (Phi) is 8.10. The molecule has 2 aromatic carbocycles. The van der Waals surface area contributed by atoms with Crippen LogP contribution in [0.1, 0.15) is 28.8 Å². The van der Waals surface area contributed by atoms with Crippen LogP contribution in [0.25, 0.3) is 0 Å². The molecule has 8 atom stereocenters. The normalized spacial score (nSPS) is 30.7. The molecule has 7 N–H and O–H groups in total. The zero-order chi connectivity index (χ0) is 34.2. The average molecular weight is 677 g/mol. The van der Waals surface area contributed by atoms with Gasteiger partial charge in [0, 0.05) is 10.9 Å². The van der Waals surface area contributed by atoms with Gasteiger partial charge in [-0.1, -0.05) is 24.6 Å². The van der Waals surface area contributed by atoms with Crippen LogP contribution in [-0.2, 0) is 29.2 Å². The maximum Gasteiger partial charge on any atom is 0.333 e. The van der Waals surface area contributed by atoms with Crippen LogP contribution in [0.15, 0.2) is 41.3 Å². The number of aliphatic hydroxyl groups is 2. The van der Waals surface area contributed by atoms with Crippen molar-refractivity contribution in [2.24, 2.45) is 29.4 Å². The Morgan fingerprint density at radius 3 is 2.20 bits per heavy atom. The number of carbonyl (C=O) groups is 6. The molecule has 2 unspecified atom stereocenters. The van der Waals surface area contributed by atoms with Gasteiger partial charge in [-0.25, -0.2) is 17.9 Å². The van der Waals surface area contributed by atoms with E-state index in [0.29, 0.717) is 0 Å². The van der Waals surface area contributed by atoms with Crippen LogP contribution in [0.4, 0.5) is 10.5 Å². The number of nitrogens with one attached hydrogen (secondary N) is 2. The van der Waals surface area contributed by atoms with Crippen molar-refractivity contribution in [1.82, 2.24) is 9.62 Å². The Balaban J connectivity index is 1.53. The predicted molar refractivity (Wildman–Crippen MR) is 158 cm³/mol. The second-order valence-electron chi connectivity index (χ2n) is 11.8. The minimum atomic E-state index is -4.39. The van der Waals surface area contributed by atoms with Gasteiger partial charge in [0.2, 0.25) is 5.91 Å². The van der Waals surface area contributed by atoms with Gasteiger partial charge in [-0.3, -0.25) is 28.9 Å². The van der Waals surface area contributed by atoms with Crippen LogP contribution < -0.4 is 15.8 Å². The van der Waals surface area contributed by atoms with Crippen LogP contribution in [0.3, 0.4) is 0 Å². The van der Waals surface area contributed by atoms with Crippen molar-refractivity contribution >= 4 is 62.4 Å². The number of rotatable bonds is 5. The smallest absolute Gasteiger partial charge is 0.333 e. The highest BCUT2D eigenvalue weighted by molar-refractivity contribution is 7.90. The number of Topliss-reactive ketones (excluding diaryl/α,β-unsaturated/α-hetero) is 4. The number of sulfonamides is 1. The van der Waals surface area contributed by atoms with Crippen molar-refractivity contribution in [3.05, 3.63) is 52.5 Å². The summed E-state index contributed by atoms with van der Waals surface area (Å²) in [5.74, 6) is -15.4. The standard InChI is InChI=1S/C29H29ClN4O11S/c1-10-13-8-9-14(32-28(42)33-46(44,45)12-6-4-11(30)5-7-12)21(35)16(13)22(36)17-15(10)23(37)19-20(34(2)3)24(38)18(27(31)41)26(40)29(19,43)25(17)39/h4-10,15,17-20,23,35,37,43H,1-3H3,(H2,31,41)(H2,32,33,42)/t10-,15+,17?,18?,19+,20-,23-,29-/m1/s1. The monoisotopic (exact) mass is 676 g/mol. The van der Waals surface area contributed by atoms with Crippen molar-refractivity contribution < 1.29 is 52.5 Å². The first-order chi connectivity index (χ1) is 21.4. The maximum atomic E-state index is 14.0. The van der Waals surface area contributed by atoms with Crippen molar-refractivity contribution in [3.63, 3.8) is 0 Å². The molecule has 0 spiro atoms. The van der Waals surface area contributed by atoms with Gasteiger partial charge >= 0.3 is 6.03 Å². The molecule has 2 saturated carbocycles. The van der Waals surface area contributed by atoms with E-state index < -0.39 is 109 Å². The summed E-state index contributed by atoms with van der Waals surface area (Å²) in [6, 6.07) is 4.55. The Bertz CT molecular complexity index is 1830. The number of aromatic hydroxyl groups is 1. The third-order valence-corrected chi connectivity index (χ3v) is 10.7. The third-order valence-electron chi connectivity index (χ3n) is 9.09. The number of hydrogen-bond donors (Lipinski definition) is 6. The van der Waals surface area contributed by atoms with Gasteiger partial charge in [-0.15, -0.1) is 0 Å². The number of aliphatic hydroxyl groups excluding tert-OH is 1. The molecule has 3 aliphatic rings. The number of carbonyl (C=O) groups excluding carboxylic acids is 6. The number of benzene rings is 2. The van der Waals surface area contributed by atoms with E-state index in [-0.39, 0.29) is 15.5 Å². The van der Waals surface area contributed by atoms with Gasteiger partial charge in [0.05, 0.1) is 40.1 Å². The minimum Gasteiger partial charge on any atom is -0.505 e. The van der Waals surface area contributed by atoms with E-state index in [2.05, 4.69) is 5.32 Å². The molecule has 2 aromatic rings. The molecule has 0 saturated heterocycles. The molecule has 2 fully saturated rings. The number of phenols is 1. The molecule has 46 heavy (non-hydrogen) atoms. The number of urea groups is 1. The fourth-order valence-electron chi connectivity index (χ4n) is 7.03. The lowest BCUT2D eigenvalue weighted by atomic mass is 9.49. The predicted octanol–water partition coefficient (Wildman–Crippen LogP) is -0.437. The van der Waals surface area contributed by atoms with E-state index in [0.717, 1.165) is 12.1 Å². The lowest BCUT2D eigenvalue weighted by Crippen LogP contribution is -2.77. The van der Waals surface area contributed by atoms with Crippen molar-refractivity contribution in [2.75, 3.05) is 19.4 Å². The second kappa shape index (κ2) is 11.2. The molecule has 0 heterocycles. The molecule has 0 radical (unpaired) electrons. The molecule has 0 aliphatic heterocycles. The number of hydrogen-bond acceptors (Lipinski definition) is 12. The fourth-order valence-corrected chi connectivity index (χ4v) is 8.07. The first-order valence-corrected chi connectivity index (χ1v) is 15.7. The molecule has 0 aromatic heterocycles. The van der Waals surface area contributed by atoms with Crippen LogP contribution in [0.2, 0.25) is 5.02 Å². The largest absolute Gasteiger partial charge is 0.505 e. The number of likely N-dealkylation sites (N-methyl/N-ethyl adjacent to an activating group) is 1. The molecule has 5 rings (SSSR count). The number of nitrogens with two attached hydrogens (primary N) is 1. The van der Waals surface area contributed by atoms with Crippen LogP contribution in [0, 0.1) is 23.7 Å². The highest BCUT2D eigenvalue weighted by Crippen LogP contribution is 2.55. The van der Waals surface area contributed by atoms with E-state index >= 15 is 0 Å². The second-order valence-corrected chi connectivity index (χ2v) is 13.9. The van der Waals surface area contributed by atoms with Crippen LogP contribution >= 0.6 is 11.6 Å². The number of phenolic OH excluding ortho intramolecular Hbond substituents is 1. The summed E-state index contributed by atoms with van der Waals surface area (Å²) in [4.78, 5) is 80.4. The average Bonchev–Trinajstić information content (AvgIpc) is 2.95. The van der Waals surface area contributed by atoms with E-state index in [1.807, 2.05) is 0 Å². The third kappa shape index (κ3) is 4.79. The van der Waals surface area contributed by atoms with E-state index in [1.165, 1.54) is 50.2 Å². The van der Waals surface area contributed by atoms with Gasteiger partial charge in [0.25, 0.3) is 10.0 Å². The number of halogens is 1. The molecular weight excluding hydrogens is 648 g/mol. The van der Waals surface area contributed by atoms with E-state index in [9.17, 15) is 52.5 Å². The summed E-state index contributed by atoms with van der Waals surface area (Å²) in [5, 5.41) is 36.9. The highest BCUT2D eigenvalue weighted by atomic mass is 35.5. The Morgan fingerprint density at radius 2 is 1.63 bits per heavy atom. The van der Waals surface area contributed by atoms with Gasteiger partial charge in [0.15, 0.2) is 34.7 Å². The molecule has 3 aliphatic carbocycles. The van der Waals surface area contributed by atoms with Gasteiger partial charge in [0.1, 0.15) is 5.75 Å². The molecule has 15 nitrogen and oxygen atoms in total. The van der Waals surface area contributed by atoms with Gasteiger partial charge < -0.3 is 26.4 Å². The van der Waals surface area contributed by atoms with Crippen molar-refractivity contribution in [1.29, 1.82) is 0 Å². The fraction of sp³-hybridized carbons (Fsp3) is 0.379. The quantitative estimate of drug-likeness (QED) is 0.174. The van der Waals surface area contributed by atoms with Gasteiger partial charge in [-0.2, -0.15) is 0 Å². The number of primary amides is 1. The van der Waals surface area contributed by atoms with E-state index in [1.54, 1.807) is 4.72 Å². The Labute approximate surface area is 266 Å². The maximum absolute atomic E-state index is 14.0. The number of amides is 3. The number of nitrogens with zero attached hydrogens (tertiary/aromatic N) is 1. The molecule has 3 amide bonds. The van der Waals surface area contributed by atoms with Gasteiger partial charge in [-0.05, 0) is 55.9 Å². The molecular formula is C29H29ClN4O11S. The van der Waals surface area contributed by atoms with Crippen LogP contribution in [-0.4, -0.2) is 95.6 Å². The Morgan fingerprint density at radius 1 is 1.02 bits per heavy atom. The number of anilines is 1. The summed E-state index contributed by atoms with van der Waals surface area (Å²) in [5.41, 5.74) is 1.35. The molecule has 17 heteroatoms. The minimum absolute atomic E-state index is 0.130. The van der Waals surface area contributed by atoms with E-state index in [4.69, 9.17) is 17.3 Å². The summed E-state index contributed by atoms with van der Waals surface area (Å²) >= 11 is 5.77.